The first-order valence-corrected chi connectivity index (χ1v) is 4.41. The van der Waals surface area contributed by atoms with Gasteiger partial charge >= 0.3 is 0 Å². The molecular formula is C10H8F2N2O2. The first-order valence-electron chi connectivity index (χ1n) is 4.41. The third-order valence-corrected chi connectivity index (χ3v) is 2.08. The molecular weight excluding hydrogens is 218 g/mol. The highest BCUT2D eigenvalue weighted by Gasteiger charge is 2.15. The number of aromatic nitrogens is 1. The van der Waals surface area contributed by atoms with Gasteiger partial charge in [-0.25, -0.2) is 8.78 Å². The van der Waals surface area contributed by atoms with E-state index in [0.717, 1.165) is 6.07 Å². The van der Waals surface area contributed by atoms with Gasteiger partial charge in [0, 0.05) is 11.6 Å². The Bertz CT molecular complexity index is 511. The van der Waals surface area contributed by atoms with Crippen molar-refractivity contribution in [3.05, 3.63) is 29.8 Å². The zero-order chi connectivity index (χ0) is 11.7. The lowest BCUT2D eigenvalue weighted by molar-refractivity contribution is 0.147. The molecule has 1 aromatic carbocycles. The molecule has 0 fully saturated rings. The van der Waals surface area contributed by atoms with Crippen molar-refractivity contribution in [2.75, 3.05) is 5.73 Å². The Morgan fingerprint density at radius 1 is 1.31 bits per heavy atom. The van der Waals surface area contributed by atoms with Crippen LogP contribution in [0.3, 0.4) is 0 Å². The van der Waals surface area contributed by atoms with Gasteiger partial charge in [0.25, 0.3) is 6.43 Å². The number of nitrogen functional groups attached to an aromatic ring is 1. The molecule has 0 bridgehead atoms. The van der Waals surface area contributed by atoms with Crippen LogP contribution in [-0.2, 0) is 0 Å². The van der Waals surface area contributed by atoms with Gasteiger partial charge < -0.3 is 15.4 Å². The molecule has 0 atom stereocenters. The fourth-order valence-corrected chi connectivity index (χ4v) is 1.31. The van der Waals surface area contributed by atoms with E-state index in [-0.39, 0.29) is 11.6 Å². The summed E-state index contributed by atoms with van der Waals surface area (Å²) in [5, 5.41) is 12.6. The Morgan fingerprint density at radius 2 is 2.06 bits per heavy atom. The van der Waals surface area contributed by atoms with Crippen molar-refractivity contribution in [1.82, 2.24) is 5.16 Å². The van der Waals surface area contributed by atoms with Crippen LogP contribution in [0.15, 0.2) is 28.8 Å². The molecule has 6 heteroatoms. The summed E-state index contributed by atoms with van der Waals surface area (Å²) in [5.41, 5.74) is 5.28. The van der Waals surface area contributed by atoms with E-state index in [4.69, 9.17) is 10.3 Å². The van der Waals surface area contributed by atoms with Crippen LogP contribution in [0.5, 0.6) is 5.75 Å². The smallest absolute Gasteiger partial charge is 0.267 e. The molecule has 0 radical (unpaired) electrons. The molecule has 0 aliphatic carbocycles. The lowest BCUT2D eigenvalue weighted by Crippen LogP contribution is -1.86. The number of rotatable bonds is 2. The number of nitrogens with zero attached hydrogens (tertiary/aromatic N) is 1. The summed E-state index contributed by atoms with van der Waals surface area (Å²) in [6.45, 7) is 0. The number of alkyl halides is 2. The zero-order valence-corrected chi connectivity index (χ0v) is 8.02. The molecule has 0 aliphatic heterocycles. The van der Waals surface area contributed by atoms with Crippen molar-refractivity contribution in [2.45, 2.75) is 6.43 Å². The van der Waals surface area contributed by atoms with Gasteiger partial charge in [-0.1, -0.05) is 5.16 Å². The number of nitrogens with two attached hydrogens (primary N) is 1. The number of hydrogen-bond donors (Lipinski definition) is 2. The number of benzene rings is 1. The summed E-state index contributed by atoms with van der Waals surface area (Å²) >= 11 is 0. The molecule has 0 saturated carbocycles. The van der Waals surface area contributed by atoms with Gasteiger partial charge in [-0.3, -0.25) is 0 Å². The van der Waals surface area contributed by atoms with E-state index in [0.29, 0.717) is 5.56 Å². The standard InChI is InChI=1S/C10H8F2N2O2/c11-10(12)6-3-5(1-2-7(6)15)8-4-9(13)14-16-8/h1-4,10,15H,(H2,13,14). The predicted octanol–water partition coefficient (Wildman–Crippen LogP) is 2.57. The van der Waals surface area contributed by atoms with Crippen molar-refractivity contribution >= 4 is 5.82 Å². The number of phenols is 1. The number of hydrogen-bond acceptors (Lipinski definition) is 4. The van der Waals surface area contributed by atoms with E-state index in [2.05, 4.69) is 5.16 Å². The van der Waals surface area contributed by atoms with Crippen molar-refractivity contribution in [3.63, 3.8) is 0 Å². The molecule has 2 rings (SSSR count). The van der Waals surface area contributed by atoms with E-state index in [1.54, 1.807) is 0 Å². The minimum atomic E-state index is -2.75. The molecule has 1 aromatic heterocycles. The van der Waals surface area contributed by atoms with Crippen LogP contribution < -0.4 is 5.73 Å². The average molecular weight is 226 g/mol. The van der Waals surface area contributed by atoms with Gasteiger partial charge in [0.2, 0.25) is 0 Å². The first-order chi connectivity index (χ1) is 7.58. The number of halogens is 2. The lowest BCUT2D eigenvalue weighted by Gasteiger charge is -2.04. The third kappa shape index (κ3) is 1.81. The number of aromatic hydroxyl groups is 1. The monoisotopic (exact) mass is 226 g/mol. The molecule has 0 unspecified atom stereocenters. The van der Waals surface area contributed by atoms with E-state index in [1.807, 2.05) is 0 Å². The summed E-state index contributed by atoms with van der Waals surface area (Å²) in [6.07, 6.45) is -2.75. The van der Waals surface area contributed by atoms with Crippen LogP contribution in [0.25, 0.3) is 11.3 Å². The summed E-state index contributed by atoms with van der Waals surface area (Å²) in [6, 6.07) is 5.18. The lowest BCUT2D eigenvalue weighted by atomic mass is 10.1. The zero-order valence-electron chi connectivity index (χ0n) is 8.02. The Morgan fingerprint density at radius 3 is 2.62 bits per heavy atom. The van der Waals surface area contributed by atoms with Crippen LogP contribution in [0, 0.1) is 0 Å². The Hall–Kier alpha value is -2.11. The fourth-order valence-electron chi connectivity index (χ4n) is 1.31. The minimum Gasteiger partial charge on any atom is -0.507 e. The summed E-state index contributed by atoms with van der Waals surface area (Å²) in [4.78, 5) is 0. The second kappa shape index (κ2) is 3.80. The highest BCUT2D eigenvalue weighted by atomic mass is 19.3. The summed E-state index contributed by atoms with van der Waals surface area (Å²) in [7, 11) is 0. The molecule has 0 spiro atoms. The third-order valence-electron chi connectivity index (χ3n) is 2.08. The Labute approximate surface area is 89.3 Å². The highest BCUT2D eigenvalue weighted by molar-refractivity contribution is 5.62. The van der Waals surface area contributed by atoms with Crippen LogP contribution in [-0.4, -0.2) is 10.3 Å². The largest absolute Gasteiger partial charge is 0.507 e. The molecule has 16 heavy (non-hydrogen) atoms. The quantitative estimate of drug-likeness (QED) is 0.825. The van der Waals surface area contributed by atoms with Gasteiger partial charge in [0.15, 0.2) is 11.6 Å². The molecule has 0 amide bonds. The SMILES string of the molecule is Nc1cc(-c2ccc(O)c(C(F)F)c2)on1. The molecule has 1 heterocycles. The van der Waals surface area contributed by atoms with Crippen molar-refractivity contribution in [3.8, 4) is 17.1 Å². The second-order valence-corrected chi connectivity index (χ2v) is 3.19. The summed E-state index contributed by atoms with van der Waals surface area (Å²) in [5.74, 6) is -0.00712. The molecule has 0 aliphatic rings. The molecule has 2 aromatic rings. The van der Waals surface area contributed by atoms with Crippen LogP contribution in [0.1, 0.15) is 12.0 Å². The second-order valence-electron chi connectivity index (χ2n) is 3.19. The normalized spacial score (nSPS) is 10.9. The number of anilines is 1. The Kier molecular flexibility index (Phi) is 2.47. The van der Waals surface area contributed by atoms with E-state index >= 15 is 0 Å². The van der Waals surface area contributed by atoms with Crippen molar-refractivity contribution < 1.29 is 18.4 Å². The van der Waals surface area contributed by atoms with Gasteiger partial charge in [0.05, 0.1) is 5.56 Å². The maximum atomic E-state index is 12.5. The molecule has 84 valence electrons. The van der Waals surface area contributed by atoms with Crippen LogP contribution >= 0.6 is 0 Å². The molecule has 4 nitrogen and oxygen atoms in total. The van der Waals surface area contributed by atoms with Gasteiger partial charge in [0.1, 0.15) is 5.75 Å². The number of phenolic OH excluding ortho intramolecular Hbond substituents is 1. The van der Waals surface area contributed by atoms with Crippen molar-refractivity contribution in [2.24, 2.45) is 0 Å². The van der Waals surface area contributed by atoms with E-state index < -0.39 is 17.7 Å². The maximum absolute atomic E-state index is 12.5. The fraction of sp³-hybridized carbons (Fsp3) is 0.100. The van der Waals surface area contributed by atoms with E-state index in [9.17, 15) is 13.9 Å². The van der Waals surface area contributed by atoms with Gasteiger partial charge in [-0.15, -0.1) is 0 Å². The van der Waals surface area contributed by atoms with Gasteiger partial charge in [-0.05, 0) is 18.2 Å². The molecule has 0 saturated heterocycles. The minimum absolute atomic E-state index is 0.168. The highest BCUT2D eigenvalue weighted by Crippen LogP contribution is 2.32. The summed E-state index contributed by atoms with van der Waals surface area (Å²) < 4.78 is 29.8. The van der Waals surface area contributed by atoms with Crippen LogP contribution in [0.2, 0.25) is 0 Å². The molecule has 3 N–H and O–H groups in total. The average Bonchev–Trinajstić information content (AvgIpc) is 2.65. The van der Waals surface area contributed by atoms with Crippen molar-refractivity contribution in [1.29, 1.82) is 0 Å². The van der Waals surface area contributed by atoms with Gasteiger partial charge in [-0.2, -0.15) is 0 Å². The van der Waals surface area contributed by atoms with E-state index in [1.165, 1.54) is 18.2 Å². The maximum Gasteiger partial charge on any atom is 0.267 e. The Balaban J connectivity index is 2.47. The topological polar surface area (TPSA) is 72.3 Å². The predicted molar refractivity (Wildman–Crippen MR) is 53.0 cm³/mol. The van der Waals surface area contributed by atoms with Crippen LogP contribution in [0.4, 0.5) is 14.6 Å². The first kappa shape index (κ1) is 10.4.